The van der Waals surface area contributed by atoms with E-state index >= 15 is 0 Å². The highest BCUT2D eigenvalue weighted by Crippen LogP contribution is 2.18. The molecule has 0 aliphatic rings. The first-order valence-electron chi connectivity index (χ1n) is 4.31. The van der Waals surface area contributed by atoms with E-state index in [1.165, 1.54) is 0 Å². The lowest BCUT2D eigenvalue weighted by Crippen LogP contribution is -2.42. The summed E-state index contributed by atoms with van der Waals surface area (Å²) in [4.78, 5) is 11.5. The zero-order chi connectivity index (χ0) is 10.6. The molecule has 4 heteroatoms. The summed E-state index contributed by atoms with van der Waals surface area (Å²) in [5, 5.41) is 2.84. The molecular weight excluding hydrogens is 184 g/mol. The number of carbonyl (C=O) groups is 1. The van der Waals surface area contributed by atoms with Crippen molar-refractivity contribution in [3.63, 3.8) is 0 Å². The Morgan fingerprint density at radius 1 is 1.54 bits per heavy atom. The Bertz CT molecular complexity index is 208. The second-order valence-corrected chi connectivity index (χ2v) is 4.82. The number of carbonyl (C=O) groups excluding carboxylic acids is 1. The van der Waals surface area contributed by atoms with Crippen LogP contribution >= 0.6 is 12.2 Å². The maximum Gasteiger partial charge on any atom is 0.227 e. The van der Waals surface area contributed by atoms with Crippen LogP contribution in [0.3, 0.4) is 0 Å². The van der Waals surface area contributed by atoms with Crippen LogP contribution in [0, 0.1) is 5.41 Å². The summed E-state index contributed by atoms with van der Waals surface area (Å²) in [6, 6.07) is 0.120. The van der Waals surface area contributed by atoms with Crippen LogP contribution in [0.1, 0.15) is 34.1 Å². The average molecular weight is 202 g/mol. The molecule has 13 heavy (non-hydrogen) atoms. The van der Waals surface area contributed by atoms with Crippen molar-refractivity contribution in [3.05, 3.63) is 0 Å². The Balaban J connectivity index is 4.00. The number of nitrogens with one attached hydrogen (secondary N) is 1. The van der Waals surface area contributed by atoms with Gasteiger partial charge in [0, 0.05) is 6.04 Å². The van der Waals surface area contributed by atoms with Crippen LogP contribution in [-0.2, 0) is 4.79 Å². The van der Waals surface area contributed by atoms with E-state index in [4.69, 9.17) is 5.73 Å². The van der Waals surface area contributed by atoms with Crippen molar-refractivity contribution in [1.82, 2.24) is 5.32 Å². The normalized spacial score (nSPS) is 13.5. The Kier molecular flexibility index (Phi) is 4.33. The highest BCUT2D eigenvalue weighted by molar-refractivity contribution is 7.80. The SMILES string of the molecule is CC(NC(=O)CC(N)=S)C(C)(C)C. The van der Waals surface area contributed by atoms with E-state index < -0.39 is 0 Å². The zero-order valence-electron chi connectivity index (χ0n) is 8.68. The number of hydrogen-bond donors (Lipinski definition) is 2. The molecule has 1 unspecified atom stereocenters. The van der Waals surface area contributed by atoms with Crippen LogP contribution in [0.4, 0.5) is 0 Å². The monoisotopic (exact) mass is 202 g/mol. The van der Waals surface area contributed by atoms with E-state index in [0.29, 0.717) is 0 Å². The Labute approximate surface area is 85.1 Å². The van der Waals surface area contributed by atoms with Crippen LogP contribution < -0.4 is 11.1 Å². The minimum atomic E-state index is -0.102. The van der Waals surface area contributed by atoms with Gasteiger partial charge in [0.05, 0.1) is 11.4 Å². The number of nitrogens with two attached hydrogens (primary N) is 1. The molecule has 0 bridgehead atoms. The third-order valence-electron chi connectivity index (χ3n) is 2.01. The fraction of sp³-hybridized carbons (Fsp3) is 0.778. The van der Waals surface area contributed by atoms with Crippen molar-refractivity contribution in [2.24, 2.45) is 11.1 Å². The molecule has 1 atom stereocenters. The van der Waals surface area contributed by atoms with Gasteiger partial charge < -0.3 is 11.1 Å². The summed E-state index contributed by atoms with van der Waals surface area (Å²) in [5.41, 5.74) is 5.31. The van der Waals surface area contributed by atoms with Crippen LogP contribution in [0.15, 0.2) is 0 Å². The minimum absolute atomic E-state index is 0.0614. The first kappa shape index (κ1) is 12.4. The quantitative estimate of drug-likeness (QED) is 0.676. The van der Waals surface area contributed by atoms with E-state index in [1.54, 1.807) is 0 Å². The molecule has 0 heterocycles. The average Bonchev–Trinajstić information content (AvgIpc) is 1.82. The Hall–Kier alpha value is -0.640. The van der Waals surface area contributed by atoms with Gasteiger partial charge in [-0.1, -0.05) is 33.0 Å². The predicted octanol–water partition coefficient (Wildman–Crippen LogP) is 1.21. The maximum atomic E-state index is 11.2. The molecular formula is C9H18N2OS. The van der Waals surface area contributed by atoms with E-state index in [0.717, 1.165) is 0 Å². The van der Waals surface area contributed by atoms with Crippen molar-refractivity contribution in [1.29, 1.82) is 0 Å². The van der Waals surface area contributed by atoms with Gasteiger partial charge in [-0.25, -0.2) is 0 Å². The van der Waals surface area contributed by atoms with Gasteiger partial charge in [0.25, 0.3) is 0 Å². The molecule has 0 rings (SSSR count). The number of thiocarbonyl (C=S) groups is 1. The van der Waals surface area contributed by atoms with Crippen molar-refractivity contribution >= 4 is 23.1 Å². The molecule has 0 aromatic rings. The van der Waals surface area contributed by atoms with Gasteiger partial charge in [-0.2, -0.15) is 0 Å². The number of hydrogen-bond acceptors (Lipinski definition) is 2. The lowest BCUT2D eigenvalue weighted by molar-refractivity contribution is -0.121. The van der Waals surface area contributed by atoms with Crippen LogP contribution in [-0.4, -0.2) is 16.9 Å². The summed E-state index contributed by atoms with van der Waals surface area (Å²) in [6.45, 7) is 8.17. The van der Waals surface area contributed by atoms with Gasteiger partial charge >= 0.3 is 0 Å². The topological polar surface area (TPSA) is 55.1 Å². The largest absolute Gasteiger partial charge is 0.393 e. The molecule has 0 aliphatic carbocycles. The zero-order valence-corrected chi connectivity index (χ0v) is 9.49. The van der Waals surface area contributed by atoms with Gasteiger partial charge in [-0.3, -0.25) is 4.79 Å². The van der Waals surface area contributed by atoms with Gasteiger partial charge in [0.1, 0.15) is 0 Å². The molecule has 76 valence electrons. The highest BCUT2D eigenvalue weighted by Gasteiger charge is 2.21. The smallest absolute Gasteiger partial charge is 0.227 e. The maximum absolute atomic E-state index is 11.2. The molecule has 0 aromatic carbocycles. The molecule has 0 aliphatic heterocycles. The third kappa shape index (κ3) is 5.58. The summed E-state index contributed by atoms with van der Waals surface area (Å²) in [7, 11) is 0. The summed E-state index contributed by atoms with van der Waals surface area (Å²) in [6.07, 6.45) is 0.135. The van der Waals surface area contributed by atoms with Gasteiger partial charge in [0.15, 0.2) is 0 Å². The Morgan fingerprint density at radius 2 is 2.00 bits per heavy atom. The summed E-state index contributed by atoms with van der Waals surface area (Å²) < 4.78 is 0. The first-order valence-corrected chi connectivity index (χ1v) is 4.72. The van der Waals surface area contributed by atoms with Crippen molar-refractivity contribution < 1.29 is 4.79 Å². The van der Waals surface area contributed by atoms with Crippen LogP contribution in [0.5, 0.6) is 0 Å². The van der Waals surface area contributed by atoms with E-state index in [9.17, 15) is 4.79 Å². The number of amides is 1. The predicted molar refractivity (Wildman–Crippen MR) is 58.5 cm³/mol. The fourth-order valence-corrected chi connectivity index (χ4v) is 0.798. The van der Waals surface area contributed by atoms with E-state index in [-0.39, 0.29) is 28.8 Å². The van der Waals surface area contributed by atoms with Crippen LogP contribution in [0.2, 0.25) is 0 Å². The van der Waals surface area contributed by atoms with Crippen LogP contribution in [0.25, 0.3) is 0 Å². The second-order valence-electron chi connectivity index (χ2n) is 4.30. The van der Waals surface area contributed by atoms with E-state index in [1.807, 2.05) is 6.92 Å². The lowest BCUT2D eigenvalue weighted by atomic mass is 9.88. The minimum Gasteiger partial charge on any atom is -0.393 e. The molecule has 1 amide bonds. The van der Waals surface area contributed by atoms with Crippen molar-refractivity contribution in [2.45, 2.75) is 40.2 Å². The molecule has 0 saturated heterocycles. The van der Waals surface area contributed by atoms with Crippen molar-refractivity contribution in [3.8, 4) is 0 Å². The molecule has 0 saturated carbocycles. The summed E-state index contributed by atoms with van der Waals surface area (Å²) >= 11 is 4.63. The van der Waals surface area contributed by atoms with Gasteiger partial charge in [-0.15, -0.1) is 0 Å². The number of rotatable bonds is 3. The lowest BCUT2D eigenvalue weighted by Gasteiger charge is -2.27. The van der Waals surface area contributed by atoms with Gasteiger partial charge in [-0.05, 0) is 12.3 Å². The first-order chi connectivity index (χ1) is 5.73. The highest BCUT2D eigenvalue weighted by atomic mass is 32.1. The van der Waals surface area contributed by atoms with Crippen molar-refractivity contribution in [2.75, 3.05) is 0 Å². The second kappa shape index (κ2) is 4.56. The molecule has 0 fully saturated rings. The van der Waals surface area contributed by atoms with E-state index in [2.05, 4.69) is 38.3 Å². The molecule has 3 nitrogen and oxygen atoms in total. The Morgan fingerprint density at radius 3 is 2.31 bits per heavy atom. The molecule has 0 spiro atoms. The molecule has 0 radical (unpaired) electrons. The molecule has 0 aromatic heterocycles. The molecule has 3 N–H and O–H groups in total. The van der Waals surface area contributed by atoms with Gasteiger partial charge in [0.2, 0.25) is 5.91 Å². The third-order valence-corrected chi connectivity index (χ3v) is 2.16. The standard InChI is InChI=1S/C9H18N2OS/c1-6(9(2,3)4)11-8(12)5-7(10)13/h6H,5H2,1-4H3,(H2,10,13)(H,11,12). The fourth-order valence-electron chi connectivity index (χ4n) is 0.667. The summed E-state index contributed by atoms with van der Waals surface area (Å²) in [5.74, 6) is -0.102.